The maximum absolute atomic E-state index is 12.5. The molecule has 2 N–H and O–H groups in total. The van der Waals surface area contributed by atoms with Crippen molar-refractivity contribution in [3.05, 3.63) is 46.8 Å². The fourth-order valence-electron chi connectivity index (χ4n) is 2.27. The van der Waals surface area contributed by atoms with E-state index in [9.17, 15) is 18.4 Å². The van der Waals surface area contributed by atoms with Gasteiger partial charge in [0.05, 0.1) is 11.3 Å². The summed E-state index contributed by atoms with van der Waals surface area (Å²) in [5.41, 5.74) is 1.89. The molecule has 1 atom stereocenters. The molecule has 2 rings (SSSR count). The van der Waals surface area contributed by atoms with Crippen LogP contribution in [0.5, 0.6) is 0 Å². The van der Waals surface area contributed by atoms with Crippen molar-refractivity contribution in [1.29, 1.82) is 0 Å². The molecule has 0 bridgehead atoms. The first-order valence-corrected chi connectivity index (χ1v) is 8.73. The summed E-state index contributed by atoms with van der Waals surface area (Å²) in [6.45, 7) is 3.60. The molecule has 9 heteroatoms. The number of aromatic nitrogens is 1. The number of benzene rings is 1. The lowest BCUT2D eigenvalue weighted by Gasteiger charge is -2.15. The normalized spacial score (nSPS) is 12.2. The second kappa shape index (κ2) is 8.79. The zero-order chi connectivity index (χ0) is 19.3. The van der Waals surface area contributed by atoms with Crippen molar-refractivity contribution in [3.8, 4) is 0 Å². The molecule has 0 aliphatic carbocycles. The molecule has 0 radical (unpaired) electrons. The Labute approximate surface area is 152 Å². The van der Waals surface area contributed by atoms with Gasteiger partial charge in [-0.15, -0.1) is 11.8 Å². The minimum Gasteiger partial charge on any atom is -0.480 e. The van der Waals surface area contributed by atoms with E-state index in [4.69, 9.17) is 9.63 Å². The van der Waals surface area contributed by atoms with Gasteiger partial charge in [0.25, 0.3) is 5.91 Å². The molecule has 0 aliphatic heterocycles. The summed E-state index contributed by atoms with van der Waals surface area (Å²) in [5, 5.41) is 15.0. The highest BCUT2D eigenvalue weighted by atomic mass is 32.2. The van der Waals surface area contributed by atoms with Crippen LogP contribution in [-0.4, -0.2) is 34.6 Å². The van der Waals surface area contributed by atoms with Gasteiger partial charge in [0.1, 0.15) is 11.8 Å². The molecule has 6 nitrogen and oxygen atoms in total. The average Bonchev–Trinajstić information content (AvgIpc) is 2.90. The van der Waals surface area contributed by atoms with E-state index in [0.717, 1.165) is 11.3 Å². The minimum absolute atomic E-state index is 0.227. The van der Waals surface area contributed by atoms with Gasteiger partial charge < -0.3 is 14.9 Å². The van der Waals surface area contributed by atoms with Crippen molar-refractivity contribution in [2.24, 2.45) is 0 Å². The number of thioether (sulfide) groups is 1. The summed E-state index contributed by atoms with van der Waals surface area (Å²) >= 11 is 1.35. The second-order valence-corrected chi connectivity index (χ2v) is 6.60. The summed E-state index contributed by atoms with van der Waals surface area (Å²) in [6.07, 6.45) is -3.78. The van der Waals surface area contributed by atoms with Gasteiger partial charge in [-0.1, -0.05) is 17.3 Å². The van der Waals surface area contributed by atoms with Gasteiger partial charge in [0, 0.05) is 22.6 Å². The van der Waals surface area contributed by atoms with E-state index in [0.29, 0.717) is 16.4 Å². The highest BCUT2D eigenvalue weighted by molar-refractivity contribution is 7.98. The number of alkyl halides is 2. The predicted octanol–water partition coefficient (Wildman–Crippen LogP) is 3.42. The van der Waals surface area contributed by atoms with E-state index < -0.39 is 30.8 Å². The zero-order valence-electron chi connectivity index (χ0n) is 14.2. The minimum atomic E-state index is -2.83. The number of aryl methyl sites for hydroxylation is 2. The fraction of sp³-hybridized carbons (Fsp3) is 0.353. The number of carboxylic acids is 1. The van der Waals surface area contributed by atoms with Crippen LogP contribution in [0.2, 0.25) is 0 Å². The quantitative estimate of drug-likeness (QED) is 0.678. The van der Waals surface area contributed by atoms with Gasteiger partial charge in [-0.05, 0) is 26.0 Å². The van der Waals surface area contributed by atoms with E-state index in [2.05, 4.69) is 10.5 Å². The standard InChI is InChI=1S/C17H18F2N2O4S/c1-9-12(10(2)25-21-9)8-26-14-6-4-3-5-11(14)16(22)20-13(17(23)24)7-15(18)19/h3-6,13,15H,7-8H2,1-2H3,(H,20,22)(H,23,24). The molecule has 2 aromatic rings. The van der Waals surface area contributed by atoms with Crippen molar-refractivity contribution in [3.63, 3.8) is 0 Å². The lowest BCUT2D eigenvalue weighted by atomic mass is 10.1. The van der Waals surface area contributed by atoms with Gasteiger partial charge in [0.15, 0.2) is 0 Å². The Kier molecular flexibility index (Phi) is 6.73. The van der Waals surface area contributed by atoms with Crippen LogP contribution in [0.1, 0.15) is 33.8 Å². The third kappa shape index (κ3) is 5.04. The monoisotopic (exact) mass is 384 g/mol. The number of hydrogen-bond donors (Lipinski definition) is 2. The Morgan fingerprint density at radius 1 is 1.31 bits per heavy atom. The highest BCUT2D eigenvalue weighted by Gasteiger charge is 2.25. The number of carboxylic acid groups (broad SMARTS) is 1. The third-order valence-corrected chi connectivity index (χ3v) is 4.80. The highest BCUT2D eigenvalue weighted by Crippen LogP contribution is 2.29. The number of hydrogen-bond acceptors (Lipinski definition) is 5. The van der Waals surface area contributed by atoms with Crippen LogP contribution in [0.25, 0.3) is 0 Å². The molecule has 0 fully saturated rings. The number of halogens is 2. The van der Waals surface area contributed by atoms with Crippen LogP contribution < -0.4 is 5.32 Å². The predicted molar refractivity (Wildman–Crippen MR) is 91.5 cm³/mol. The van der Waals surface area contributed by atoms with Crippen molar-refractivity contribution >= 4 is 23.6 Å². The summed E-state index contributed by atoms with van der Waals surface area (Å²) < 4.78 is 30.1. The summed E-state index contributed by atoms with van der Waals surface area (Å²) in [6, 6.07) is 4.94. The van der Waals surface area contributed by atoms with Crippen LogP contribution in [0.4, 0.5) is 8.78 Å². The molecule has 1 aromatic carbocycles. The van der Waals surface area contributed by atoms with Crippen LogP contribution in [0.15, 0.2) is 33.7 Å². The fourth-order valence-corrected chi connectivity index (χ4v) is 3.48. The smallest absolute Gasteiger partial charge is 0.326 e. The molecule has 0 aliphatic rings. The first-order chi connectivity index (χ1) is 12.3. The van der Waals surface area contributed by atoms with Crippen molar-refractivity contribution < 1.29 is 28.0 Å². The summed E-state index contributed by atoms with van der Waals surface area (Å²) in [7, 11) is 0. The number of rotatable bonds is 8. The Morgan fingerprint density at radius 2 is 2.00 bits per heavy atom. The van der Waals surface area contributed by atoms with E-state index in [-0.39, 0.29) is 5.56 Å². The number of nitrogens with zero attached hydrogens (tertiary/aromatic N) is 1. The Hall–Kier alpha value is -2.42. The molecule has 0 saturated heterocycles. The van der Waals surface area contributed by atoms with Crippen molar-refractivity contribution in [2.75, 3.05) is 0 Å². The Bertz CT molecular complexity index is 775. The number of carbonyl (C=O) groups is 2. The molecular weight excluding hydrogens is 366 g/mol. The molecule has 1 aromatic heterocycles. The molecule has 26 heavy (non-hydrogen) atoms. The van der Waals surface area contributed by atoms with Gasteiger partial charge in [-0.3, -0.25) is 4.79 Å². The van der Waals surface area contributed by atoms with Gasteiger partial charge in [-0.25, -0.2) is 13.6 Å². The largest absolute Gasteiger partial charge is 0.480 e. The van der Waals surface area contributed by atoms with Gasteiger partial charge in [-0.2, -0.15) is 0 Å². The molecule has 1 unspecified atom stereocenters. The van der Waals surface area contributed by atoms with E-state index in [1.54, 1.807) is 25.1 Å². The molecular formula is C17H18F2N2O4S. The van der Waals surface area contributed by atoms with E-state index >= 15 is 0 Å². The molecule has 140 valence electrons. The number of amides is 1. The lowest BCUT2D eigenvalue weighted by Crippen LogP contribution is -2.42. The van der Waals surface area contributed by atoms with E-state index in [1.165, 1.54) is 17.8 Å². The number of aliphatic carboxylic acids is 1. The maximum Gasteiger partial charge on any atom is 0.326 e. The summed E-state index contributed by atoms with van der Waals surface area (Å²) in [4.78, 5) is 24.1. The zero-order valence-corrected chi connectivity index (χ0v) is 15.0. The Morgan fingerprint density at radius 3 is 2.58 bits per heavy atom. The molecule has 0 spiro atoms. The van der Waals surface area contributed by atoms with Crippen molar-refractivity contribution in [2.45, 2.75) is 43.4 Å². The topological polar surface area (TPSA) is 92.4 Å². The lowest BCUT2D eigenvalue weighted by molar-refractivity contribution is -0.140. The van der Waals surface area contributed by atoms with Gasteiger partial charge >= 0.3 is 5.97 Å². The SMILES string of the molecule is Cc1noc(C)c1CSc1ccccc1C(=O)NC(CC(F)F)C(=O)O. The molecule has 0 saturated carbocycles. The maximum atomic E-state index is 12.5. The second-order valence-electron chi connectivity index (χ2n) is 5.58. The average molecular weight is 384 g/mol. The van der Waals surface area contributed by atoms with Crippen LogP contribution in [0.3, 0.4) is 0 Å². The van der Waals surface area contributed by atoms with Crippen LogP contribution >= 0.6 is 11.8 Å². The molecule has 1 amide bonds. The first kappa shape index (κ1) is 19.9. The molecule has 1 heterocycles. The third-order valence-electron chi connectivity index (χ3n) is 3.70. The number of carbonyl (C=O) groups excluding carboxylic acids is 1. The van der Waals surface area contributed by atoms with E-state index in [1.807, 2.05) is 6.92 Å². The first-order valence-electron chi connectivity index (χ1n) is 7.75. The Balaban J connectivity index is 2.14. The van der Waals surface area contributed by atoms with Crippen LogP contribution in [-0.2, 0) is 10.5 Å². The van der Waals surface area contributed by atoms with Crippen LogP contribution in [0, 0.1) is 13.8 Å². The van der Waals surface area contributed by atoms with Gasteiger partial charge in [0.2, 0.25) is 6.43 Å². The number of nitrogens with one attached hydrogen (secondary N) is 1. The van der Waals surface area contributed by atoms with Crippen molar-refractivity contribution in [1.82, 2.24) is 10.5 Å². The summed E-state index contributed by atoms with van der Waals surface area (Å²) in [5.74, 6) is -1.02.